The molecule has 6 N–H and O–H groups in total. The molecule has 18 atom stereocenters. The quantitative estimate of drug-likeness (QED) is 0.168. The Kier molecular flexibility index (Phi) is 10.8. The highest BCUT2D eigenvalue weighted by Gasteiger charge is 2.71. The number of rotatable bonds is 7. The molecule has 1 aromatic rings. The smallest absolute Gasteiger partial charge is 0.336 e. The van der Waals surface area contributed by atoms with Gasteiger partial charge in [-0.2, -0.15) is 0 Å². The van der Waals surface area contributed by atoms with Crippen molar-refractivity contribution in [1.29, 1.82) is 0 Å². The molecule has 6 fully saturated rings. The van der Waals surface area contributed by atoms with Crippen LogP contribution in [-0.2, 0) is 28.5 Å². The number of allylic oxidation sites excluding steroid dienone is 1. The molecule has 4 aliphatic carbocycles. The first-order valence-corrected chi connectivity index (χ1v) is 21.0. The third-order valence-electron chi connectivity index (χ3n) is 15.9. The highest BCUT2D eigenvalue weighted by Crippen LogP contribution is 2.70. The van der Waals surface area contributed by atoms with Crippen molar-refractivity contribution in [2.45, 2.75) is 172 Å². The number of carbonyl (C=O) groups excluding carboxylic acids is 1. The lowest BCUT2D eigenvalue weighted by atomic mass is 9.42. The molecule has 1 aromatic carbocycles. The summed E-state index contributed by atoms with van der Waals surface area (Å²) in [5, 5.41) is 67.1. The average Bonchev–Trinajstić information content (AvgIpc) is 3.65. The first kappa shape index (κ1) is 40.4. The molecule has 4 saturated carbocycles. The molecule has 12 heteroatoms. The number of fused-ring (bicyclic) bond motifs is 5. The number of cyclic esters (lactones) is 1. The maximum atomic E-state index is 12.9. The van der Waals surface area contributed by atoms with Gasteiger partial charge >= 0.3 is 5.97 Å². The van der Waals surface area contributed by atoms with Gasteiger partial charge in [0.1, 0.15) is 23.7 Å². The number of esters is 1. The van der Waals surface area contributed by atoms with Crippen LogP contribution in [0.5, 0.6) is 5.75 Å². The zero-order valence-electron chi connectivity index (χ0n) is 33.3. The Bertz CT molecular complexity index is 1670. The summed E-state index contributed by atoms with van der Waals surface area (Å²) in [6.45, 7) is 9.80. The zero-order chi connectivity index (χ0) is 39.9. The number of hydrogen-bond acceptors (Lipinski definition) is 12. The fourth-order valence-corrected chi connectivity index (χ4v) is 12.6. The number of carbonyl (C=O) groups is 1. The molecule has 2 saturated heterocycles. The molecule has 56 heavy (non-hydrogen) atoms. The molecular weight excluding hydrogens is 720 g/mol. The van der Waals surface area contributed by atoms with E-state index in [1.807, 2.05) is 26.8 Å². The van der Waals surface area contributed by atoms with Crippen molar-refractivity contribution in [3.8, 4) is 5.75 Å². The van der Waals surface area contributed by atoms with Crippen LogP contribution in [0.2, 0.25) is 0 Å². The summed E-state index contributed by atoms with van der Waals surface area (Å²) in [7, 11) is 0. The molecule has 0 amide bonds. The predicted molar refractivity (Wildman–Crippen MR) is 203 cm³/mol. The van der Waals surface area contributed by atoms with Crippen LogP contribution in [-0.4, -0.2) is 110 Å². The van der Waals surface area contributed by atoms with Crippen LogP contribution < -0.4 is 0 Å². The van der Waals surface area contributed by atoms with E-state index >= 15 is 0 Å². The number of benzene rings is 1. The fraction of sp³-hybridized carbons (Fsp3) is 0.750. The lowest BCUT2D eigenvalue weighted by Crippen LogP contribution is -2.67. The first-order chi connectivity index (χ1) is 26.5. The third-order valence-corrected chi connectivity index (χ3v) is 15.9. The highest BCUT2D eigenvalue weighted by molar-refractivity contribution is 5.90. The molecule has 12 nitrogen and oxygen atoms in total. The lowest BCUT2D eigenvalue weighted by Gasteiger charge is -2.65. The number of phenolic OH excluding ortho intramolecular Hbond substituents is 1. The number of hydrogen-bond donors (Lipinski definition) is 6. The summed E-state index contributed by atoms with van der Waals surface area (Å²) in [6.07, 6.45) is 3.21. The van der Waals surface area contributed by atoms with E-state index in [0.717, 1.165) is 32.1 Å². The van der Waals surface area contributed by atoms with Gasteiger partial charge in [-0.1, -0.05) is 32.0 Å². The Morgan fingerprint density at radius 3 is 2.39 bits per heavy atom. The van der Waals surface area contributed by atoms with Gasteiger partial charge in [0.05, 0.1) is 54.4 Å². The average molecular weight is 783 g/mol. The van der Waals surface area contributed by atoms with Crippen LogP contribution in [0.3, 0.4) is 0 Å². The second-order valence-electron chi connectivity index (χ2n) is 18.7. The van der Waals surface area contributed by atoms with E-state index < -0.39 is 78.2 Å². The van der Waals surface area contributed by atoms with Gasteiger partial charge in [-0.15, -0.1) is 0 Å². The Morgan fingerprint density at radius 2 is 1.66 bits per heavy atom. The molecule has 3 aliphatic heterocycles. The summed E-state index contributed by atoms with van der Waals surface area (Å²) in [5.41, 5.74) is -0.912. The van der Waals surface area contributed by atoms with Crippen molar-refractivity contribution in [2.24, 2.45) is 34.5 Å². The minimum Gasteiger partial charge on any atom is -0.507 e. The summed E-state index contributed by atoms with van der Waals surface area (Å²) in [4.78, 5) is 12.7. The van der Waals surface area contributed by atoms with Gasteiger partial charge in [-0.3, -0.25) is 0 Å². The van der Waals surface area contributed by atoms with Gasteiger partial charge in [0.2, 0.25) is 0 Å². The molecule has 310 valence electrons. The molecule has 5 unspecified atom stereocenters. The van der Waals surface area contributed by atoms with Gasteiger partial charge in [-0.25, -0.2) is 4.79 Å². The monoisotopic (exact) mass is 782 g/mol. The highest BCUT2D eigenvalue weighted by atomic mass is 16.7. The fourth-order valence-electron chi connectivity index (χ4n) is 12.6. The van der Waals surface area contributed by atoms with Crippen LogP contribution in [0.4, 0.5) is 0 Å². The number of aliphatic hydroxyl groups is 5. The number of aromatic hydroxyl groups is 1. The third kappa shape index (κ3) is 6.69. The molecule has 0 bridgehead atoms. The zero-order valence-corrected chi connectivity index (χ0v) is 33.3. The van der Waals surface area contributed by atoms with Crippen LogP contribution in [0, 0.1) is 34.5 Å². The largest absolute Gasteiger partial charge is 0.507 e. The van der Waals surface area contributed by atoms with Crippen molar-refractivity contribution in [3.63, 3.8) is 0 Å². The van der Waals surface area contributed by atoms with Crippen molar-refractivity contribution in [2.75, 3.05) is 0 Å². The van der Waals surface area contributed by atoms with Crippen molar-refractivity contribution in [1.82, 2.24) is 0 Å². The van der Waals surface area contributed by atoms with Gasteiger partial charge in [0.15, 0.2) is 6.29 Å². The van der Waals surface area contributed by atoms with Crippen molar-refractivity contribution < 1.29 is 59.1 Å². The molecule has 0 radical (unpaired) electrons. The molecule has 8 rings (SSSR count). The maximum absolute atomic E-state index is 12.9. The van der Waals surface area contributed by atoms with Crippen molar-refractivity contribution >= 4 is 12.0 Å². The number of ether oxygens (including phenoxy) is 5. The topological polar surface area (TPSA) is 185 Å². The summed E-state index contributed by atoms with van der Waals surface area (Å²) in [5.74, 6) is 0.119. The number of phenols is 1. The van der Waals surface area contributed by atoms with Gasteiger partial charge < -0.3 is 54.3 Å². The lowest BCUT2D eigenvalue weighted by molar-refractivity contribution is -0.290. The Hall–Kier alpha value is -2.39. The Morgan fingerprint density at radius 1 is 0.893 bits per heavy atom. The summed E-state index contributed by atoms with van der Waals surface area (Å²) in [6, 6.07) is 6.88. The normalized spacial score (nSPS) is 49.1. The minimum absolute atomic E-state index is 0.00334. The second-order valence-corrected chi connectivity index (χ2v) is 18.7. The van der Waals surface area contributed by atoms with Crippen LogP contribution >= 0.6 is 0 Å². The van der Waals surface area contributed by atoms with Crippen molar-refractivity contribution in [3.05, 3.63) is 47.2 Å². The van der Waals surface area contributed by atoms with Crippen LogP contribution in [0.25, 0.3) is 6.08 Å². The Labute approximate surface area is 329 Å². The van der Waals surface area contributed by atoms with E-state index in [1.54, 1.807) is 31.2 Å². The number of para-hydroxylation sites is 1. The molecule has 0 aromatic heterocycles. The second kappa shape index (κ2) is 15.0. The van der Waals surface area contributed by atoms with E-state index in [2.05, 4.69) is 6.92 Å². The Balaban J connectivity index is 0.910. The van der Waals surface area contributed by atoms with E-state index in [4.69, 9.17) is 23.7 Å². The minimum atomic E-state index is -1.13. The molecule has 3 heterocycles. The molecule has 7 aliphatic rings. The van der Waals surface area contributed by atoms with Crippen LogP contribution in [0.15, 0.2) is 41.7 Å². The van der Waals surface area contributed by atoms with Gasteiger partial charge in [0.25, 0.3) is 0 Å². The summed E-state index contributed by atoms with van der Waals surface area (Å²) >= 11 is 0. The SMILES string of the molecule is CC1O[C@@H](C(C)OC2C(C)O[C@@H](O[C@H]3CC[C@@]4(C)[C@H](CC[C@@H]5[C@@H]4C[C@@H](O)[C@]4(C)[C@@H](C6=CC(=O)OC6=Cc6ccccc6O)CC[C@]54O)C3)C[C@H]2O)C[C@@H](O)C1O. The number of aliphatic hydroxyl groups excluding tert-OH is 4. The maximum Gasteiger partial charge on any atom is 0.336 e. The van der Waals surface area contributed by atoms with E-state index in [1.165, 1.54) is 6.08 Å². The van der Waals surface area contributed by atoms with E-state index in [-0.39, 0.29) is 47.9 Å². The predicted octanol–water partition coefficient (Wildman–Crippen LogP) is 4.51. The standard InChI is InChI=1S/C44H62O12/c1-22(35-20-33(46)40(50)23(2)52-35)54-41-24(3)53-39(21-34(41)47)55-27-12-14-42(4)26(17-27)10-11-30-31(42)19-37(48)43(5)29(13-15-44(30,43)51)28-18-38(49)56-36(28)16-25-8-6-7-9-32(25)45/h6-9,16,18,22-24,26-27,29-31,33-35,37,39-41,45-48,50-51H,10-15,17,19-21H2,1-5H3/t22?,23?,24?,26-,27+,29-,30-,31+,33-,34-,35-,37-,39+,40?,41?,42+,43+,44+/m1/s1. The summed E-state index contributed by atoms with van der Waals surface area (Å²) < 4.78 is 30.7. The molecular formula is C44H62O12. The van der Waals surface area contributed by atoms with Crippen LogP contribution in [0.1, 0.15) is 104 Å². The first-order valence-electron chi connectivity index (χ1n) is 21.0. The van der Waals surface area contributed by atoms with Gasteiger partial charge in [-0.05, 0) is 113 Å². The molecule has 0 spiro atoms. The van der Waals surface area contributed by atoms with Gasteiger partial charge in [0, 0.05) is 35.5 Å². The van der Waals surface area contributed by atoms with E-state index in [9.17, 15) is 35.4 Å². The van der Waals surface area contributed by atoms with E-state index in [0.29, 0.717) is 42.1 Å².